The minimum atomic E-state index is -0.743. The Balaban J connectivity index is 1.56. The molecule has 1 saturated carbocycles. The molecule has 2 aromatic carbocycles. The zero-order valence-electron chi connectivity index (χ0n) is 16.0. The Morgan fingerprint density at radius 1 is 0.857 bits per heavy atom. The second-order valence-electron chi connectivity index (χ2n) is 8.15. The van der Waals surface area contributed by atoms with Gasteiger partial charge in [0.05, 0.1) is 16.9 Å². The molecule has 0 radical (unpaired) electrons. The van der Waals surface area contributed by atoms with Gasteiger partial charge >= 0.3 is 0 Å². The number of fused-ring (bicyclic) bond motifs is 2. The van der Waals surface area contributed by atoms with Crippen molar-refractivity contribution >= 4 is 23.2 Å². The Morgan fingerprint density at radius 3 is 2.21 bits per heavy atom. The first-order valence-electron chi connectivity index (χ1n) is 10.1. The maximum Gasteiger partial charge on any atom is 0.266 e. The molecule has 144 valence electrons. The van der Waals surface area contributed by atoms with Gasteiger partial charge in [0.25, 0.3) is 5.91 Å². The average molecular weight is 376 g/mol. The van der Waals surface area contributed by atoms with E-state index in [1.807, 2.05) is 66.6 Å². The van der Waals surface area contributed by atoms with Crippen LogP contribution in [-0.2, 0) is 14.4 Å². The van der Waals surface area contributed by atoms with E-state index in [-0.39, 0.29) is 11.8 Å². The molecule has 1 spiro atoms. The molecule has 1 aliphatic carbocycles. The summed E-state index contributed by atoms with van der Waals surface area (Å²) >= 11 is 0. The third-order valence-electron chi connectivity index (χ3n) is 6.46. The lowest BCUT2D eigenvalue weighted by Crippen LogP contribution is -2.53. The van der Waals surface area contributed by atoms with Gasteiger partial charge in [0.2, 0.25) is 5.91 Å². The molecule has 5 rings (SSSR count). The van der Waals surface area contributed by atoms with Crippen molar-refractivity contribution in [2.45, 2.75) is 50.7 Å². The molecule has 2 saturated heterocycles. The van der Waals surface area contributed by atoms with Gasteiger partial charge in [0, 0.05) is 0 Å². The fourth-order valence-electron chi connectivity index (χ4n) is 5.12. The van der Waals surface area contributed by atoms with E-state index >= 15 is 0 Å². The molecule has 0 unspecified atom stereocenters. The number of nitrogens with zero attached hydrogens (tertiary/aromatic N) is 2. The van der Waals surface area contributed by atoms with Gasteiger partial charge in [0.15, 0.2) is 6.10 Å². The summed E-state index contributed by atoms with van der Waals surface area (Å²) in [7, 11) is 0. The number of imide groups is 1. The highest BCUT2D eigenvalue weighted by Gasteiger charge is 2.66. The van der Waals surface area contributed by atoms with E-state index in [0.717, 1.165) is 43.4 Å². The Hall–Kier alpha value is -2.66. The van der Waals surface area contributed by atoms with Crippen molar-refractivity contribution in [2.24, 2.45) is 5.92 Å². The largest absolute Gasteiger partial charge is 0.273 e. The Bertz CT molecular complexity index is 903. The van der Waals surface area contributed by atoms with Gasteiger partial charge in [-0.2, -0.15) is 0 Å². The van der Waals surface area contributed by atoms with Crippen LogP contribution in [0.3, 0.4) is 0 Å². The molecule has 2 amide bonds. The van der Waals surface area contributed by atoms with Gasteiger partial charge in [-0.15, -0.1) is 0 Å². The van der Waals surface area contributed by atoms with E-state index in [9.17, 15) is 9.59 Å². The van der Waals surface area contributed by atoms with E-state index in [1.165, 1.54) is 4.90 Å². The lowest BCUT2D eigenvalue weighted by atomic mass is 9.71. The first kappa shape index (κ1) is 17.4. The maximum absolute atomic E-state index is 13.5. The van der Waals surface area contributed by atoms with Crippen molar-refractivity contribution in [1.29, 1.82) is 0 Å². The molecule has 2 aliphatic heterocycles. The van der Waals surface area contributed by atoms with Crippen molar-refractivity contribution < 1.29 is 14.4 Å². The predicted molar refractivity (Wildman–Crippen MR) is 107 cm³/mol. The molecule has 2 aromatic rings. The molecular formula is C23H24N2O3. The quantitative estimate of drug-likeness (QED) is 0.743. The molecule has 2 heterocycles. The van der Waals surface area contributed by atoms with Gasteiger partial charge in [-0.05, 0) is 44.0 Å². The average Bonchev–Trinajstić information content (AvgIpc) is 3.17. The monoisotopic (exact) mass is 376 g/mol. The molecule has 0 aromatic heterocycles. The topological polar surface area (TPSA) is 49.9 Å². The van der Waals surface area contributed by atoms with Gasteiger partial charge in [-0.1, -0.05) is 55.2 Å². The number of aryl methyl sites for hydroxylation is 1. The maximum atomic E-state index is 13.5. The van der Waals surface area contributed by atoms with E-state index < -0.39 is 17.6 Å². The van der Waals surface area contributed by atoms with Crippen molar-refractivity contribution in [2.75, 3.05) is 9.96 Å². The molecule has 0 bridgehead atoms. The summed E-state index contributed by atoms with van der Waals surface area (Å²) < 4.78 is 0. The number of amides is 2. The number of hydroxylamine groups is 1. The smallest absolute Gasteiger partial charge is 0.266 e. The van der Waals surface area contributed by atoms with Crippen LogP contribution in [0, 0.1) is 12.8 Å². The van der Waals surface area contributed by atoms with Crippen molar-refractivity contribution in [3.8, 4) is 0 Å². The Kier molecular flexibility index (Phi) is 4.02. The van der Waals surface area contributed by atoms with Crippen LogP contribution in [0.15, 0.2) is 54.6 Å². The van der Waals surface area contributed by atoms with E-state index in [1.54, 1.807) is 0 Å². The number of anilines is 2. The van der Waals surface area contributed by atoms with Gasteiger partial charge < -0.3 is 0 Å². The normalized spacial score (nSPS) is 26.2. The molecular weight excluding hydrogens is 352 g/mol. The fraction of sp³-hybridized carbons (Fsp3) is 0.391. The highest BCUT2D eigenvalue weighted by atomic mass is 16.7. The summed E-state index contributed by atoms with van der Waals surface area (Å²) in [5.74, 6) is -0.830. The minimum absolute atomic E-state index is 0.126. The molecule has 28 heavy (non-hydrogen) atoms. The minimum Gasteiger partial charge on any atom is -0.273 e. The number of benzene rings is 2. The number of hydrogen-bond donors (Lipinski definition) is 0. The Morgan fingerprint density at radius 2 is 1.54 bits per heavy atom. The highest BCUT2D eigenvalue weighted by Crippen LogP contribution is 2.52. The third kappa shape index (κ3) is 2.42. The first-order valence-corrected chi connectivity index (χ1v) is 10.1. The van der Waals surface area contributed by atoms with Crippen LogP contribution in [0.2, 0.25) is 0 Å². The Labute approximate surface area is 164 Å². The summed E-state index contributed by atoms with van der Waals surface area (Å²) in [5.41, 5.74) is 2.20. The van der Waals surface area contributed by atoms with Crippen LogP contribution < -0.4 is 9.96 Å². The highest BCUT2D eigenvalue weighted by molar-refractivity contribution is 6.24. The van der Waals surface area contributed by atoms with Gasteiger partial charge in [-0.3, -0.25) is 14.4 Å². The van der Waals surface area contributed by atoms with E-state index in [4.69, 9.17) is 4.84 Å². The van der Waals surface area contributed by atoms with Crippen molar-refractivity contribution in [3.05, 3.63) is 60.2 Å². The number of para-hydroxylation sites is 1. The summed E-state index contributed by atoms with van der Waals surface area (Å²) in [4.78, 5) is 34.4. The number of carbonyl (C=O) groups is 2. The first-order chi connectivity index (χ1) is 13.6. The van der Waals surface area contributed by atoms with Crippen molar-refractivity contribution in [3.63, 3.8) is 0 Å². The van der Waals surface area contributed by atoms with Crippen LogP contribution in [0.1, 0.15) is 37.7 Å². The SMILES string of the molecule is Cc1ccc(N2C(=O)[C@H]3ON(c4ccccc4)C4(CCCCC4)[C@H]3C2=O)cc1. The summed E-state index contributed by atoms with van der Waals surface area (Å²) in [6.07, 6.45) is 4.23. The van der Waals surface area contributed by atoms with Crippen LogP contribution >= 0.6 is 0 Å². The number of carbonyl (C=O) groups excluding carboxylic acids is 2. The van der Waals surface area contributed by atoms with E-state index in [0.29, 0.717) is 5.69 Å². The predicted octanol–water partition coefficient (Wildman–Crippen LogP) is 4.01. The molecule has 5 nitrogen and oxygen atoms in total. The fourth-order valence-corrected chi connectivity index (χ4v) is 5.12. The summed E-state index contributed by atoms with van der Waals surface area (Å²) in [5, 5.41) is 1.89. The number of hydrogen-bond acceptors (Lipinski definition) is 4. The van der Waals surface area contributed by atoms with Crippen LogP contribution in [-0.4, -0.2) is 23.5 Å². The molecule has 2 atom stereocenters. The standard InChI is InChI=1S/C23H24N2O3/c1-16-10-12-17(13-11-16)24-21(26)19-20(22(24)27)28-25(18-8-4-2-5-9-18)23(19)14-6-3-7-15-23/h2,4-5,8-13,19-20H,3,6-7,14-15H2,1H3/t19-,20+/m1/s1. The lowest BCUT2D eigenvalue weighted by Gasteiger charge is -2.43. The van der Waals surface area contributed by atoms with Gasteiger partial charge in [-0.25, -0.2) is 9.96 Å². The second-order valence-corrected chi connectivity index (χ2v) is 8.15. The molecule has 5 heteroatoms. The zero-order chi connectivity index (χ0) is 19.3. The molecule has 3 aliphatic rings. The van der Waals surface area contributed by atoms with E-state index in [2.05, 4.69) is 0 Å². The molecule has 0 N–H and O–H groups in total. The molecule has 3 fully saturated rings. The van der Waals surface area contributed by atoms with Crippen molar-refractivity contribution in [1.82, 2.24) is 0 Å². The second kappa shape index (κ2) is 6.45. The van der Waals surface area contributed by atoms with Crippen LogP contribution in [0.4, 0.5) is 11.4 Å². The lowest BCUT2D eigenvalue weighted by molar-refractivity contribution is -0.126. The third-order valence-corrected chi connectivity index (χ3v) is 6.46. The summed E-state index contributed by atoms with van der Waals surface area (Å²) in [6, 6.07) is 17.4. The number of rotatable bonds is 2. The zero-order valence-corrected chi connectivity index (χ0v) is 16.0. The van der Waals surface area contributed by atoms with Crippen LogP contribution in [0.25, 0.3) is 0 Å². The summed E-state index contributed by atoms with van der Waals surface area (Å²) in [6.45, 7) is 1.99. The van der Waals surface area contributed by atoms with Gasteiger partial charge in [0.1, 0.15) is 5.92 Å². The van der Waals surface area contributed by atoms with Crippen LogP contribution in [0.5, 0.6) is 0 Å².